The van der Waals surface area contributed by atoms with Crippen LogP contribution in [0, 0.1) is 5.82 Å². The van der Waals surface area contributed by atoms with Gasteiger partial charge in [0.1, 0.15) is 5.82 Å². The molecule has 3 rings (SSSR count). The SMILES string of the molecule is O=C(CCc1ccc(Br)cc1F)N1CCC(n2cccc2)CC1. The number of piperidine rings is 1. The van der Waals surface area contributed by atoms with Gasteiger partial charge in [-0.15, -0.1) is 0 Å². The Balaban J connectivity index is 1.50. The number of likely N-dealkylation sites (tertiary alicyclic amines) is 1. The van der Waals surface area contributed by atoms with Gasteiger partial charge in [0.25, 0.3) is 0 Å². The predicted octanol–water partition coefficient (Wildman–Crippen LogP) is 4.19. The summed E-state index contributed by atoms with van der Waals surface area (Å²) in [4.78, 5) is 14.2. The first-order valence-electron chi connectivity index (χ1n) is 7.97. The molecule has 3 nitrogen and oxygen atoms in total. The van der Waals surface area contributed by atoms with Gasteiger partial charge in [-0.2, -0.15) is 0 Å². The number of halogens is 2. The summed E-state index contributed by atoms with van der Waals surface area (Å²) in [7, 11) is 0. The number of aromatic nitrogens is 1. The van der Waals surface area contributed by atoms with Crippen LogP contribution in [0.3, 0.4) is 0 Å². The maximum Gasteiger partial charge on any atom is 0.222 e. The molecule has 1 fully saturated rings. The lowest BCUT2D eigenvalue weighted by atomic mass is 10.0. The highest BCUT2D eigenvalue weighted by Crippen LogP contribution is 2.23. The molecule has 1 aliphatic heterocycles. The van der Waals surface area contributed by atoms with Crippen LogP contribution in [-0.2, 0) is 11.2 Å². The van der Waals surface area contributed by atoms with Gasteiger partial charge in [-0.3, -0.25) is 4.79 Å². The van der Waals surface area contributed by atoms with Gasteiger partial charge in [0.15, 0.2) is 0 Å². The Morgan fingerprint density at radius 1 is 1.22 bits per heavy atom. The van der Waals surface area contributed by atoms with Crippen LogP contribution in [0.1, 0.15) is 30.9 Å². The molecule has 1 amide bonds. The van der Waals surface area contributed by atoms with E-state index in [9.17, 15) is 9.18 Å². The lowest BCUT2D eigenvalue weighted by Crippen LogP contribution is -2.39. The highest BCUT2D eigenvalue weighted by molar-refractivity contribution is 9.10. The Morgan fingerprint density at radius 3 is 2.57 bits per heavy atom. The normalized spacial score (nSPS) is 15.8. The van der Waals surface area contributed by atoms with Crippen LogP contribution in [0.25, 0.3) is 0 Å². The maximum absolute atomic E-state index is 13.8. The molecule has 0 N–H and O–H groups in total. The van der Waals surface area contributed by atoms with Crippen molar-refractivity contribution in [2.45, 2.75) is 31.7 Å². The van der Waals surface area contributed by atoms with E-state index in [1.165, 1.54) is 6.07 Å². The molecule has 2 aromatic rings. The zero-order chi connectivity index (χ0) is 16.2. The van der Waals surface area contributed by atoms with Gasteiger partial charge in [0.2, 0.25) is 5.91 Å². The van der Waals surface area contributed by atoms with Crippen LogP contribution in [0.15, 0.2) is 47.2 Å². The first-order valence-corrected chi connectivity index (χ1v) is 8.77. The summed E-state index contributed by atoms with van der Waals surface area (Å²) in [5.74, 6) is -0.128. The van der Waals surface area contributed by atoms with Crippen LogP contribution in [0.4, 0.5) is 4.39 Å². The molecular weight excluding hydrogens is 359 g/mol. The van der Waals surface area contributed by atoms with Gasteiger partial charge in [-0.25, -0.2) is 4.39 Å². The summed E-state index contributed by atoms with van der Waals surface area (Å²) >= 11 is 3.24. The molecule has 0 spiro atoms. The lowest BCUT2D eigenvalue weighted by molar-refractivity contribution is -0.132. The molecule has 0 aliphatic carbocycles. The number of carbonyl (C=O) groups excluding carboxylic acids is 1. The summed E-state index contributed by atoms with van der Waals surface area (Å²) in [5.41, 5.74) is 0.601. The number of hydrogen-bond donors (Lipinski definition) is 0. The Kier molecular flexibility index (Phi) is 5.16. The molecule has 0 saturated carbocycles. The minimum absolute atomic E-state index is 0.123. The highest BCUT2D eigenvalue weighted by atomic mass is 79.9. The van der Waals surface area contributed by atoms with Crippen molar-refractivity contribution in [1.82, 2.24) is 9.47 Å². The lowest BCUT2D eigenvalue weighted by Gasteiger charge is -2.33. The number of benzene rings is 1. The van der Waals surface area contributed by atoms with Gasteiger partial charge in [0.05, 0.1) is 0 Å². The summed E-state index contributed by atoms with van der Waals surface area (Å²) in [6.07, 6.45) is 6.94. The van der Waals surface area contributed by atoms with Crippen molar-refractivity contribution in [3.8, 4) is 0 Å². The fraction of sp³-hybridized carbons (Fsp3) is 0.389. The number of carbonyl (C=O) groups is 1. The van der Waals surface area contributed by atoms with E-state index in [-0.39, 0.29) is 11.7 Å². The molecule has 1 aliphatic rings. The predicted molar refractivity (Wildman–Crippen MR) is 91.7 cm³/mol. The monoisotopic (exact) mass is 378 g/mol. The third-order valence-electron chi connectivity index (χ3n) is 4.49. The second kappa shape index (κ2) is 7.30. The third kappa shape index (κ3) is 4.02. The van der Waals surface area contributed by atoms with Gasteiger partial charge in [0, 0.05) is 42.4 Å². The summed E-state index contributed by atoms with van der Waals surface area (Å²) < 4.78 is 16.7. The van der Waals surface area contributed by atoms with Crippen LogP contribution >= 0.6 is 15.9 Å². The summed E-state index contributed by atoms with van der Waals surface area (Å²) in [6.45, 7) is 1.56. The van der Waals surface area contributed by atoms with E-state index < -0.39 is 0 Å². The Labute approximate surface area is 144 Å². The molecule has 122 valence electrons. The van der Waals surface area contributed by atoms with Gasteiger partial charge < -0.3 is 9.47 Å². The molecule has 0 unspecified atom stereocenters. The van der Waals surface area contributed by atoms with Crippen LogP contribution in [-0.4, -0.2) is 28.5 Å². The van der Waals surface area contributed by atoms with Crippen molar-refractivity contribution in [2.75, 3.05) is 13.1 Å². The fourth-order valence-corrected chi connectivity index (χ4v) is 3.46. The van der Waals surface area contributed by atoms with Gasteiger partial charge >= 0.3 is 0 Å². The Bertz CT molecular complexity index is 664. The van der Waals surface area contributed by atoms with Crippen molar-refractivity contribution in [3.05, 3.63) is 58.6 Å². The number of rotatable bonds is 4. The van der Waals surface area contributed by atoms with Crippen LogP contribution in [0.5, 0.6) is 0 Å². The average Bonchev–Trinajstić information content (AvgIpc) is 3.08. The second-order valence-electron chi connectivity index (χ2n) is 5.98. The molecule has 5 heteroatoms. The minimum atomic E-state index is -0.251. The first kappa shape index (κ1) is 16.2. The molecule has 2 heterocycles. The highest BCUT2D eigenvalue weighted by Gasteiger charge is 2.23. The molecule has 23 heavy (non-hydrogen) atoms. The molecule has 1 saturated heterocycles. The first-order chi connectivity index (χ1) is 11.1. The number of nitrogens with zero attached hydrogens (tertiary/aromatic N) is 2. The average molecular weight is 379 g/mol. The topological polar surface area (TPSA) is 25.2 Å². The van der Waals surface area contributed by atoms with E-state index in [1.807, 2.05) is 23.1 Å². The Morgan fingerprint density at radius 2 is 1.91 bits per heavy atom. The standard InChI is InChI=1S/C18H20BrFN2O/c19-15-5-3-14(17(20)13-15)4-6-18(23)22-11-7-16(8-12-22)21-9-1-2-10-21/h1-3,5,9-10,13,16H,4,6-8,11-12H2. The van der Waals surface area contributed by atoms with Crippen molar-refractivity contribution in [2.24, 2.45) is 0 Å². The molecule has 0 radical (unpaired) electrons. The molecule has 0 atom stereocenters. The zero-order valence-electron chi connectivity index (χ0n) is 12.9. The van der Waals surface area contributed by atoms with E-state index >= 15 is 0 Å². The van der Waals surface area contributed by atoms with Gasteiger partial charge in [-0.05, 0) is 49.1 Å². The summed E-state index contributed by atoms with van der Waals surface area (Å²) in [6, 6.07) is 9.55. The second-order valence-corrected chi connectivity index (χ2v) is 6.89. The molecule has 1 aromatic heterocycles. The zero-order valence-corrected chi connectivity index (χ0v) is 14.5. The fourth-order valence-electron chi connectivity index (χ4n) is 3.13. The van der Waals surface area contributed by atoms with Crippen molar-refractivity contribution in [3.63, 3.8) is 0 Å². The smallest absolute Gasteiger partial charge is 0.222 e. The van der Waals surface area contributed by atoms with Gasteiger partial charge in [-0.1, -0.05) is 22.0 Å². The van der Waals surface area contributed by atoms with E-state index in [1.54, 1.807) is 6.07 Å². The van der Waals surface area contributed by atoms with Crippen molar-refractivity contribution >= 4 is 21.8 Å². The van der Waals surface area contributed by atoms with Crippen molar-refractivity contribution < 1.29 is 9.18 Å². The maximum atomic E-state index is 13.8. The number of amides is 1. The molecule has 0 bridgehead atoms. The number of hydrogen-bond acceptors (Lipinski definition) is 1. The van der Waals surface area contributed by atoms with Crippen molar-refractivity contribution in [1.29, 1.82) is 0 Å². The van der Waals surface area contributed by atoms with E-state index in [0.29, 0.717) is 24.4 Å². The van der Waals surface area contributed by atoms with Crippen LogP contribution in [0.2, 0.25) is 0 Å². The Hall–Kier alpha value is -1.62. The number of aryl methyl sites for hydroxylation is 1. The minimum Gasteiger partial charge on any atom is -0.351 e. The van der Waals surface area contributed by atoms with E-state index in [4.69, 9.17) is 0 Å². The third-order valence-corrected chi connectivity index (χ3v) is 4.98. The van der Waals surface area contributed by atoms with E-state index in [2.05, 4.69) is 32.9 Å². The molecule has 1 aromatic carbocycles. The largest absolute Gasteiger partial charge is 0.351 e. The van der Waals surface area contributed by atoms with E-state index in [0.717, 1.165) is 30.4 Å². The quantitative estimate of drug-likeness (QED) is 0.782. The van der Waals surface area contributed by atoms with Crippen LogP contribution < -0.4 is 0 Å². The summed E-state index contributed by atoms with van der Waals surface area (Å²) in [5, 5.41) is 0. The molecular formula is C18H20BrFN2O.